The molecule has 0 aromatic rings. The highest BCUT2D eigenvalue weighted by Gasteiger charge is 2.03. The van der Waals surface area contributed by atoms with Crippen molar-refractivity contribution in [3.8, 4) is 0 Å². The molecule has 2 heteroatoms. The Morgan fingerprint density at radius 3 is 2.45 bits per heavy atom. The molecule has 0 atom stereocenters. The maximum Gasteiger partial charge on any atom is 0.245 e. The fourth-order valence-corrected chi connectivity index (χ4v) is 1.34. The minimum atomic E-state index is 0.0735. The average Bonchev–Trinajstić information content (AvgIpc) is 2.02. The lowest BCUT2D eigenvalue weighted by atomic mass is 10.1. The van der Waals surface area contributed by atoms with E-state index in [4.69, 9.17) is 0 Å². The molecule has 1 heterocycles. The Kier molecular flexibility index (Phi) is 3.27. The van der Waals surface area contributed by atoms with Crippen molar-refractivity contribution >= 4 is 11.6 Å². The van der Waals surface area contributed by atoms with Crippen molar-refractivity contribution in [1.82, 2.24) is 0 Å². The number of amides is 1. The van der Waals surface area contributed by atoms with Gasteiger partial charge in [0.15, 0.2) is 0 Å². The van der Waals surface area contributed by atoms with E-state index in [1.165, 1.54) is 19.3 Å². The van der Waals surface area contributed by atoms with Gasteiger partial charge in [0.1, 0.15) is 0 Å². The van der Waals surface area contributed by atoms with E-state index in [1.807, 2.05) is 6.92 Å². The van der Waals surface area contributed by atoms with Crippen LogP contribution in [0.5, 0.6) is 0 Å². The molecular weight excluding hydrogens is 138 g/mol. The first-order valence-electron chi connectivity index (χ1n) is 4.36. The van der Waals surface area contributed by atoms with E-state index in [-0.39, 0.29) is 5.91 Å². The molecule has 62 valence electrons. The van der Waals surface area contributed by atoms with Crippen LogP contribution < -0.4 is 0 Å². The smallest absolute Gasteiger partial charge is 0.245 e. The van der Waals surface area contributed by atoms with Gasteiger partial charge in [0.25, 0.3) is 0 Å². The monoisotopic (exact) mass is 153 g/mol. The number of hydrogen-bond acceptors (Lipinski definition) is 1. The van der Waals surface area contributed by atoms with Gasteiger partial charge in [0.05, 0.1) is 0 Å². The van der Waals surface area contributed by atoms with Crippen LogP contribution in [0.15, 0.2) is 4.99 Å². The van der Waals surface area contributed by atoms with E-state index in [9.17, 15) is 4.79 Å². The van der Waals surface area contributed by atoms with Crippen LogP contribution in [-0.4, -0.2) is 11.6 Å². The Bertz CT molecular complexity index is 172. The molecule has 0 N–H and O–H groups in total. The number of carbonyl (C=O) groups excluding carboxylic acids is 1. The van der Waals surface area contributed by atoms with Crippen molar-refractivity contribution in [3.63, 3.8) is 0 Å². The predicted octanol–water partition coefficient (Wildman–Crippen LogP) is 2.33. The van der Waals surface area contributed by atoms with Crippen molar-refractivity contribution in [2.24, 2.45) is 4.99 Å². The number of rotatable bonds is 0. The van der Waals surface area contributed by atoms with Gasteiger partial charge in [-0.25, -0.2) is 4.99 Å². The normalized spacial score (nSPS) is 26.3. The second-order valence-corrected chi connectivity index (χ2v) is 3.16. The molecule has 1 aliphatic heterocycles. The highest BCUT2D eigenvalue weighted by molar-refractivity contribution is 5.94. The fraction of sp³-hybridized carbons (Fsp3) is 0.778. The summed E-state index contributed by atoms with van der Waals surface area (Å²) in [5.74, 6) is 0.0735. The summed E-state index contributed by atoms with van der Waals surface area (Å²) in [6.07, 6.45) is 6.32. The first kappa shape index (κ1) is 8.44. The molecule has 0 spiro atoms. The molecule has 0 saturated carbocycles. The quantitative estimate of drug-likeness (QED) is 0.525. The van der Waals surface area contributed by atoms with Crippen molar-refractivity contribution in [2.45, 2.75) is 45.4 Å². The maximum absolute atomic E-state index is 11.0. The fourth-order valence-electron chi connectivity index (χ4n) is 1.34. The molecule has 2 nitrogen and oxygen atoms in total. The summed E-state index contributed by atoms with van der Waals surface area (Å²) in [6, 6.07) is 0. The summed E-state index contributed by atoms with van der Waals surface area (Å²) in [5.41, 5.74) is 1.01. The Morgan fingerprint density at radius 2 is 1.73 bits per heavy atom. The van der Waals surface area contributed by atoms with Gasteiger partial charge in [-0.2, -0.15) is 0 Å². The van der Waals surface area contributed by atoms with Crippen LogP contribution in [0, 0.1) is 0 Å². The Hall–Kier alpha value is -0.660. The van der Waals surface area contributed by atoms with Crippen LogP contribution in [0.1, 0.15) is 45.4 Å². The highest BCUT2D eigenvalue weighted by atomic mass is 16.1. The minimum Gasteiger partial charge on any atom is -0.273 e. The van der Waals surface area contributed by atoms with Crippen LogP contribution in [0.25, 0.3) is 0 Å². The Morgan fingerprint density at radius 1 is 1.09 bits per heavy atom. The molecule has 0 aromatic heterocycles. The zero-order valence-corrected chi connectivity index (χ0v) is 7.10. The maximum atomic E-state index is 11.0. The zero-order valence-electron chi connectivity index (χ0n) is 7.10. The van der Waals surface area contributed by atoms with E-state index in [0.29, 0.717) is 6.42 Å². The van der Waals surface area contributed by atoms with Crippen molar-refractivity contribution in [1.29, 1.82) is 0 Å². The zero-order chi connectivity index (χ0) is 8.10. The van der Waals surface area contributed by atoms with E-state index < -0.39 is 0 Å². The van der Waals surface area contributed by atoms with Crippen molar-refractivity contribution < 1.29 is 4.79 Å². The minimum absolute atomic E-state index is 0.0735. The molecule has 0 bridgehead atoms. The molecule has 11 heavy (non-hydrogen) atoms. The van der Waals surface area contributed by atoms with Gasteiger partial charge < -0.3 is 0 Å². The van der Waals surface area contributed by atoms with E-state index in [0.717, 1.165) is 18.6 Å². The largest absolute Gasteiger partial charge is 0.273 e. The summed E-state index contributed by atoms with van der Waals surface area (Å²) >= 11 is 0. The van der Waals surface area contributed by atoms with Crippen LogP contribution in [0.2, 0.25) is 0 Å². The third-order valence-electron chi connectivity index (χ3n) is 1.99. The van der Waals surface area contributed by atoms with E-state index in [1.54, 1.807) is 0 Å². The standard InChI is InChI=1S/C9H15NO/c1-8-6-4-2-3-5-7-9(11)10-8/h2-7H2,1H3/b10-8+. The van der Waals surface area contributed by atoms with Crippen LogP contribution >= 0.6 is 0 Å². The molecule has 0 aromatic carbocycles. The Balaban J connectivity index is 2.50. The van der Waals surface area contributed by atoms with E-state index >= 15 is 0 Å². The number of aliphatic imine (C=N–C) groups is 1. The predicted molar refractivity (Wildman–Crippen MR) is 45.8 cm³/mol. The topological polar surface area (TPSA) is 29.4 Å². The van der Waals surface area contributed by atoms with Gasteiger partial charge >= 0.3 is 0 Å². The van der Waals surface area contributed by atoms with Crippen LogP contribution in [0.4, 0.5) is 0 Å². The molecule has 0 fully saturated rings. The third-order valence-corrected chi connectivity index (χ3v) is 1.99. The SMILES string of the molecule is C/C1=N\C(=O)CCCCCC1. The lowest BCUT2D eigenvalue weighted by Crippen LogP contribution is -1.97. The molecule has 1 amide bonds. The van der Waals surface area contributed by atoms with Gasteiger partial charge in [-0.1, -0.05) is 12.8 Å². The van der Waals surface area contributed by atoms with Gasteiger partial charge in [-0.3, -0.25) is 4.79 Å². The van der Waals surface area contributed by atoms with Crippen LogP contribution in [0.3, 0.4) is 0 Å². The molecular formula is C9H15NO. The van der Waals surface area contributed by atoms with Crippen molar-refractivity contribution in [2.75, 3.05) is 0 Å². The summed E-state index contributed by atoms with van der Waals surface area (Å²) in [7, 11) is 0. The molecule has 1 aliphatic rings. The molecule has 0 aliphatic carbocycles. The van der Waals surface area contributed by atoms with Gasteiger partial charge in [-0.15, -0.1) is 0 Å². The van der Waals surface area contributed by atoms with Gasteiger partial charge in [-0.05, 0) is 26.2 Å². The summed E-state index contributed by atoms with van der Waals surface area (Å²) < 4.78 is 0. The average molecular weight is 153 g/mol. The van der Waals surface area contributed by atoms with Gasteiger partial charge in [0.2, 0.25) is 5.91 Å². The summed E-state index contributed by atoms with van der Waals surface area (Å²) in [6.45, 7) is 1.95. The summed E-state index contributed by atoms with van der Waals surface area (Å²) in [4.78, 5) is 15.0. The number of nitrogens with zero attached hydrogens (tertiary/aromatic N) is 1. The Labute approximate surface area is 67.7 Å². The first-order valence-corrected chi connectivity index (χ1v) is 4.36. The highest BCUT2D eigenvalue weighted by Crippen LogP contribution is 2.09. The van der Waals surface area contributed by atoms with E-state index in [2.05, 4.69) is 4.99 Å². The first-order chi connectivity index (χ1) is 5.29. The summed E-state index contributed by atoms with van der Waals surface area (Å²) in [5, 5.41) is 0. The lowest BCUT2D eigenvalue weighted by molar-refractivity contribution is -0.117. The molecule has 0 saturated heterocycles. The molecule has 0 unspecified atom stereocenters. The lowest BCUT2D eigenvalue weighted by Gasteiger charge is -1.95. The molecule has 0 radical (unpaired) electrons. The number of carbonyl (C=O) groups is 1. The van der Waals surface area contributed by atoms with Crippen LogP contribution in [-0.2, 0) is 4.79 Å². The second-order valence-electron chi connectivity index (χ2n) is 3.16. The van der Waals surface area contributed by atoms with Crippen molar-refractivity contribution in [3.05, 3.63) is 0 Å². The third kappa shape index (κ3) is 3.30. The number of hydrogen-bond donors (Lipinski definition) is 0. The molecule has 1 rings (SSSR count). The van der Waals surface area contributed by atoms with Gasteiger partial charge in [0, 0.05) is 12.1 Å². The second kappa shape index (κ2) is 4.27.